The third-order valence-electron chi connectivity index (χ3n) is 4.90. The molecule has 0 bridgehead atoms. The quantitative estimate of drug-likeness (QED) is 0.626. The monoisotopic (exact) mass is 366 g/mol. The van der Waals surface area contributed by atoms with Crippen molar-refractivity contribution in [3.05, 3.63) is 59.3 Å². The Morgan fingerprint density at radius 2 is 1.59 bits per heavy atom. The van der Waals surface area contributed by atoms with Crippen molar-refractivity contribution >= 4 is 11.8 Å². The molecule has 0 atom stereocenters. The number of piperazine rings is 1. The highest BCUT2D eigenvalue weighted by atomic mass is 15.3. The SMILES string of the molecule is CN=C(NCc1ccc(C)cc1)NCc1ccc(N2CCN(C)CC2)nc1. The molecule has 0 spiro atoms. The number of rotatable bonds is 5. The lowest BCUT2D eigenvalue weighted by atomic mass is 10.1. The van der Waals surface area contributed by atoms with Crippen LogP contribution in [0.4, 0.5) is 5.82 Å². The summed E-state index contributed by atoms with van der Waals surface area (Å²) in [6.07, 6.45) is 1.95. The zero-order valence-electron chi connectivity index (χ0n) is 16.6. The van der Waals surface area contributed by atoms with Crippen LogP contribution in [0, 0.1) is 6.92 Å². The molecule has 0 saturated carbocycles. The molecule has 27 heavy (non-hydrogen) atoms. The molecule has 3 rings (SSSR count). The molecule has 1 aliphatic heterocycles. The number of hydrogen-bond donors (Lipinski definition) is 2. The fourth-order valence-corrected chi connectivity index (χ4v) is 3.04. The van der Waals surface area contributed by atoms with Gasteiger partial charge in [0, 0.05) is 52.5 Å². The number of aromatic nitrogens is 1. The summed E-state index contributed by atoms with van der Waals surface area (Å²) in [6, 6.07) is 12.8. The predicted molar refractivity (Wildman–Crippen MR) is 112 cm³/mol. The molecule has 0 amide bonds. The first-order valence-electron chi connectivity index (χ1n) is 9.52. The first kappa shape index (κ1) is 19.2. The smallest absolute Gasteiger partial charge is 0.191 e. The van der Waals surface area contributed by atoms with Gasteiger partial charge in [0.2, 0.25) is 0 Å². The van der Waals surface area contributed by atoms with Gasteiger partial charge in [-0.05, 0) is 31.2 Å². The number of aryl methyl sites for hydroxylation is 1. The average Bonchev–Trinajstić information content (AvgIpc) is 2.70. The molecule has 1 aromatic heterocycles. The van der Waals surface area contributed by atoms with Gasteiger partial charge in [-0.25, -0.2) is 4.98 Å². The molecule has 1 fully saturated rings. The number of aliphatic imine (C=N–C) groups is 1. The van der Waals surface area contributed by atoms with Crippen LogP contribution in [0.1, 0.15) is 16.7 Å². The van der Waals surface area contributed by atoms with Crippen LogP contribution in [-0.2, 0) is 13.1 Å². The topological polar surface area (TPSA) is 55.8 Å². The van der Waals surface area contributed by atoms with Gasteiger partial charge in [0.15, 0.2) is 5.96 Å². The Morgan fingerprint density at radius 1 is 0.963 bits per heavy atom. The highest BCUT2D eigenvalue weighted by molar-refractivity contribution is 5.79. The minimum Gasteiger partial charge on any atom is -0.354 e. The summed E-state index contributed by atoms with van der Waals surface area (Å²) in [7, 11) is 3.96. The third kappa shape index (κ3) is 5.69. The maximum Gasteiger partial charge on any atom is 0.191 e. The van der Waals surface area contributed by atoms with E-state index >= 15 is 0 Å². The maximum atomic E-state index is 4.64. The summed E-state index contributed by atoms with van der Waals surface area (Å²) in [4.78, 5) is 13.6. The fourth-order valence-electron chi connectivity index (χ4n) is 3.04. The Balaban J connectivity index is 1.47. The summed E-state index contributed by atoms with van der Waals surface area (Å²) in [5.41, 5.74) is 3.65. The number of nitrogens with one attached hydrogen (secondary N) is 2. The van der Waals surface area contributed by atoms with E-state index in [-0.39, 0.29) is 0 Å². The lowest BCUT2D eigenvalue weighted by Crippen LogP contribution is -2.44. The van der Waals surface area contributed by atoms with Crippen molar-refractivity contribution in [2.24, 2.45) is 4.99 Å². The number of anilines is 1. The van der Waals surface area contributed by atoms with Gasteiger partial charge in [0.25, 0.3) is 0 Å². The number of guanidine groups is 1. The van der Waals surface area contributed by atoms with Gasteiger partial charge >= 0.3 is 0 Å². The zero-order chi connectivity index (χ0) is 19.1. The largest absolute Gasteiger partial charge is 0.354 e. The van der Waals surface area contributed by atoms with Crippen LogP contribution in [0.15, 0.2) is 47.6 Å². The number of hydrogen-bond acceptors (Lipinski definition) is 4. The van der Waals surface area contributed by atoms with Crippen molar-refractivity contribution in [3.63, 3.8) is 0 Å². The van der Waals surface area contributed by atoms with Crippen molar-refractivity contribution in [1.82, 2.24) is 20.5 Å². The predicted octanol–water partition coefficient (Wildman–Crippen LogP) is 2.01. The Kier molecular flexibility index (Phi) is 6.65. The second-order valence-corrected chi connectivity index (χ2v) is 7.08. The first-order valence-corrected chi connectivity index (χ1v) is 9.52. The average molecular weight is 367 g/mol. The van der Waals surface area contributed by atoms with E-state index in [1.165, 1.54) is 11.1 Å². The minimum absolute atomic E-state index is 0.698. The molecule has 144 valence electrons. The van der Waals surface area contributed by atoms with Crippen molar-refractivity contribution in [3.8, 4) is 0 Å². The molecule has 2 aromatic rings. The summed E-state index contributed by atoms with van der Waals surface area (Å²) < 4.78 is 0. The Morgan fingerprint density at radius 3 is 2.19 bits per heavy atom. The van der Waals surface area contributed by atoms with Gasteiger partial charge < -0.3 is 20.4 Å². The standard InChI is InChI=1S/C21H30N6/c1-17-4-6-18(7-5-17)14-24-21(22-2)25-16-19-8-9-20(23-15-19)27-12-10-26(3)11-13-27/h4-9,15H,10-14,16H2,1-3H3,(H2,22,24,25). The Hall–Kier alpha value is -2.60. The molecule has 1 aliphatic rings. The Labute approximate surface area is 162 Å². The summed E-state index contributed by atoms with van der Waals surface area (Å²) >= 11 is 0. The van der Waals surface area contributed by atoms with Gasteiger partial charge in [0.05, 0.1) is 0 Å². The molecule has 6 nitrogen and oxygen atoms in total. The van der Waals surface area contributed by atoms with E-state index in [2.05, 4.69) is 80.8 Å². The van der Waals surface area contributed by atoms with Crippen molar-refractivity contribution < 1.29 is 0 Å². The van der Waals surface area contributed by atoms with Crippen molar-refractivity contribution in [2.75, 3.05) is 45.2 Å². The molecule has 2 N–H and O–H groups in total. The second-order valence-electron chi connectivity index (χ2n) is 7.08. The number of pyridine rings is 1. The van der Waals surface area contributed by atoms with Gasteiger partial charge in [-0.15, -0.1) is 0 Å². The highest BCUT2D eigenvalue weighted by Crippen LogP contribution is 2.13. The molecular weight excluding hydrogens is 336 g/mol. The first-order chi connectivity index (χ1) is 13.1. The van der Waals surface area contributed by atoms with Gasteiger partial charge in [-0.1, -0.05) is 35.9 Å². The summed E-state index contributed by atoms with van der Waals surface area (Å²) in [5.74, 6) is 1.85. The van der Waals surface area contributed by atoms with Crippen LogP contribution in [-0.4, -0.2) is 56.1 Å². The summed E-state index contributed by atoms with van der Waals surface area (Å²) in [5, 5.41) is 6.70. The lowest BCUT2D eigenvalue weighted by molar-refractivity contribution is 0.312. The fraction of sp³-hybridized carbons (Fsp3) is 0.429. The molecular formula is C21H30N6. The van der Waals surface area contributed by atoms with Crippen LogP contribution in [0.3, 0.4) is 0 Å². The van der Waals surface area contributed by atoms with E-state index < -0.39 is 0 Å². The molecule has 0 radical (unpaired) electrons. The van der Waals surface area contributed by atoms with Gasteiger partial charge in [-0.3, -0.25) is 4.99 Å². The second kappa shape index (κ2) is 9.37. The van der Waals surface area contributed by atoms with Crippen LogP contribution in [0.5, 0.6) is 0 Å². The highest BCUT2D eigenvalue weighted by Gasteiger charge is 2.14. The van der Waals surface area contributed by atoms with Crippen molar-refractivity contribution in [1.29, 1.82) is 0 Å². The molecule has 0 aliphatic carbocycles. The number of likely N-dealkylation sites (N-methyl/N-ethyl adjacent to an activating group) is 1. The third-order valence-corrected chi connectivity index (χ3v) is 4.90. The van der Waals surface area contributed by atoms with Crippen LogP contribution >= 0.6 is 0 Å². The number of benzene rings is 1. The van der Waals surface area contributed by atoms with E-state index in [4.69, 9.17) is 0 Å². The van der Waals surface area contributed by atoms with Gasteiger partial charge in [-0.2, -0.15) is 0 Å². The molecule has 0 unspecified atom stereocenters. The van der Waals surface area contributed by atoms with Crippen LogP contribution in [0.2, 0.25) is 0 Å². The van der Waals surface area contributed by atoms with Crippen LogP contribution in [0.25, 0.3) is 0 Å². The molecule has 6 heteroatoms. The van der Waals surface area contributed by atoms with Crippen LogP contribution < -0.4 is 15.5 Å². The maximum absolute atomic E-state index is 4.64. The zero-order valence-corrected chi connectivity index (χ0v) is 16.6. The van der Waals surface area contributed by atoms with Crippen molar-refractivity contribution in [2.45, 2.75) is 20.0 Å². The van der Waals surface area contributed by atoms with E-state index in [1.807, 2.05) is 6.20 Å². The Bertz CT molecular complexity index is 730. The van der Waals surface area contributed by atoms with Gasteiger partial charge in [0.1, 0.15) is 5.82 Å². The number of nitrogens with zero attached hydrogens (tertiary/aromatic N) is 4. The van der Waals surface area contributed by atoms with E-state index in [0.29, 0.717) is 6.54 Å². The molecule has 1 saturated heterocycles. The molecule has 2 heterocycles. The van der Waals surface area contributed by atoms with E-state index in [1.54, 1.807) is 7.05 Å². The van der Waals surface area contributed by atoms with E-state index in [9.17, 15) is 0 Å². The normalized spacial score (nSPS) is 15.7. The summed E-state index contributed by atoms with van der Waals surface area (Å²) in [6.45, 7) is 7.81. The minimum atomic E-state index is 0.698. The lowest BCUT2D eigenvalue weighted by Gasteiger charge is -2.33. The molecule has 1 aromatic carbocycles. The van der Waals surface area contributed by atoms with E-state index in [0.717, 1.165) is 50.1 Å².